The number of alkyl halides is 1. The van der Waals surface area contributed by atoms with Crippen molar-refractivity contribution < 1.29 is 30.7 Å². The van der Waals surface area contributed by atoms with Gasteiger partial charge in [-0.1, -0.05) is 24.3 Å². The molecule has 1 aliphatic carbocycles. The summed E-state index contributed by atoms with van der Waals surface area (Å²) in [4.78, 5) is 0. The van der Waals surface area contributed by atoms with E-state index in [9.17, 15) is 30.7 Å². The van der Waals surface area contributed by atoms with E-state index < -0.39 is 53.1 Å². The highest BCUT2D eigenvalue weighted by molar-refractivity contribution is 5.48. The fraction of sp³-hybridized carbons (Fsp3) is 0.143. The fourth-order valence-corrected chi connectivity index (χ4v) is 1.98. The summed E-state index contributed by atoms with van der Waals surface area (Å²) in [6.07, 6.45) is 0. The van der Waals surface area contributed by atoms with Crippen LogP contribution >= 0.6 is 0 Å². The number of hydrogen-bond donors (Lipinski definition) is 0. The predicted octanol–water partition coefficient (Wildman–Crippen LogP) is 5.71. The second-order valence-electron chi connectivity index (χ2n) is 4.22. The van der Waals surface area contributed by atoms with Gasteiger partial charge in [-0.15, -0.1) is 0 Å². The maximum atomic E-state index is 13.9. The van der Waals surface area contributed by atoms with Crippen LogP contribution in [0.4, 0.5) is 30.7 Å². The molecule has 0 aliphatic heterocycles. The molecule has 0 amide bonds. The first kappa shape index (κ1) is 15.3. The molecule has 0 unspecified atom stereocenters. The SMILES string of the molecule is FCc1ccccc1C1C(F)=C(F)C(F)=C(F)C(F)=C1F. The van der Waals surface area contributed by atoms with Crippen molar-refractivity contribution in [1.82, 2.24) is 0 Å². The number of allylic oxidation sites excluding steroid dienone is 6. The van der Waals surface area contributed by atoms with Gasteiger partial charge in [0.25, 0.3) is 0 Å². The van der Waals surface area contributed by atoms with Crippen LogP contribution in [0.3, 0.4) is 0 Å². The van der Waals surface area contributed by atoms with Gasteiger partial charge < -0.3 is 0 Å². The molecule has 2 rings (SSSR count). The summed E-state index contributed by atoms with van der Waals surface area (Å²) >= 11 is 0. The topological polar surface area (TPSA) is 0 Å². The first-order chi connectivity index (χ1) is 9.90. The maximum Gasteiger partial charge on any atom is 0.200 e. The van der Waals surface area contributed by atoms with E-state index in [0.717, 1.165) is 12.1 Å². The quantitative estimate of drug-likeness (QED) is 0.614. The lowest BCUT2D eigenvalue weighted by atomic mass is 9.92. The summed E-state index contributed by atoms with van der Waals surface area (Å²) in [5.74, 6) is -16.2. The smallest absolute Gasteiger partial charge is 0.200 e. The van der Waals surface area contributed by atoms with Gasteiger partial charge in [-0.05, 0) is 11.1 Å². The largest absolute Gasteiger partial charge is 0.246 e. The summed E-state index contributed by atoms with van der Waals surface area (Å²) < 4.78 is 93.5. The number of halogens is 7. The van der Waals surface area contributed by atoms with Crippen LogP contribution in [0.1, 0.15) is 17.0 Å². The number of hydrogen-bond acceptors (Lipinski definition) is 0. The molecule has 0 fully saturated rings. The van der Waals surface area contributed by atoms with Gasteiger partial charge in [0, 0.05) is 0 Å². The lowest BCUT2D eigenvalue weighted by Crippen LogP contribution is -2.06. The summed E-state index contributed by atoms with van der Waals surface area (Å²) in [6.45, 7) is -1.17. The fourth-order valence-electron chi connectivity index (χ4n) is 1.98. The first-order valence-corrected chi connectivity index (χ1v) is 5.70. The molecule has 7 heteroatoms. The minimum atomic E-state index is -2.47. The lowest BCUT2D eigenvalue weighted by Gasteiger charge is -2.16. The molecule has 21 heavy (non-hydrogen) atoms. The Balaban J connectivity index is 2.74. The van der Waals surface area contributed by atoms with Crippen LogP contribution in [0.25, 0.3) is 0 Å². The van der Waals surface area contributed by atoms with Gasteiger partial charge in [-0.25, -0.2) is 30.7 Å². The van der Waals surface area contributed by atoms with Crippen LogP contribution in [0, 0.1) is 0 Å². The third kappa shape index (κ3) is 2.48. The Morgan fingerprint density at radius 2 is 1.19 bits per heavy atom. The van der Waals surface area contributed by atoms with Crippen molar-refractivity contribution in [2.75, 3.05) is 0 Å². The van der Waals surface area contributed by atoms with Gasteiger partial charge >= 0.3 is 0 Å². The standard InChI is InChI=1S/C14H7F7/c15-5-6-3-1-2-4-7(6)8-9(16)11(18)13(20)14(21)12(19)10(8)17/h1-4,8H,5H2. The Labute approximate surface area is 114 Å². The van der Waals surface area contributed by atoms with Crippen LogP contribution in [-0.4, -0.2) is 0 Å². The van der Waals surface area contributed by atoms with Crippen LogP contribution in [0.15, 0.2) is 59.2 Å². The van der Waals surface area contributed by atoms with Gasteiger partial charge in [0.05, 0.1) is 5.92 Å². The van der Waals surface area contributed by atoms with Gasteiger partial charge in [-0.2, -0.15) is 0 Å². The molecule has 0 saturated carbocycles. The van der Waals surface area contributed by atoms with E-state index in [-0.39, 0.29) is 5.56 Å². The van der Waals surface area contributed by atoms with Crippen molar-refractivity contribution in [3.8, 4) is 0 Å². The summed E-state index contributed by atoms with van der Waals surface area (Å²) in [5.41, 5.74) is -0.709. The van der Waals surface area contributed by atoms with Crippen LogP contribution in [0.5, 0.6) is 0 Å². The van der Waals surface area contributed by atoms with Gasteiger partial charge in [0.15, 0.2) is 35.0 Å². The van der Waals surface area contributed by atoms with E-state index in [1.54, 1.807) is 0 Å². The molecule has 0 spiro atoms. The van der Waals surface area contributed by atoms with Crippen molar-refractivity contribution in [3.63, 3.8) is 0 Å². The first-order valence-electron chi connectivity index (χ1n) is 5.70. The van der Waals surface area contributed by atoms with Crippen molar-refractivity contribution >= 4 is 0 Å². The monoisotopic (exact) mass is 308 g/mol. The van der Waals surface area contributed by atoms with E-state index in [2.05, 4.69) is 0 Å². The molecular weight excluding hydrogens is 301 g/mol. The normalized spacial score (nSPS) is 17.7. The molecule has 0 atom stereocenters. The van der Waals surface area contributed by atoms with Crippen molar-refractivity contribution in [2.45, 2.75) is 12.6 Å². The highest BCUT2D eigenvalue weighted by Crippen LogP contribution is 2.45. The molecule has 0 N–H and O–H groups in total. The summed E-state index contributed by atoms with van der Waals surface area (Å²) in [7, 11) is 0. The van der Waals surface area contributed by atoms with Crippen LogP contribution in [0.2, 0.25) is 0 Å². The second-order valence-corrected chi connectivity index (χ2v) is 4.22. The summed E-state index contributed by atoms with van der Waals surface area (Å²) in [6, 6.07) is 4.73. The molecule has 0 heterocycles. The van der Waals surface area contributed by atoms with Crippen LogP contribution < -0.4 is 0 Å². The maximum absolute atomic E-state index is 13.9. The molecule has 0 radical (unpaired) electrons. The highest BCUT2D eigenvalue weighted by Gasteiger charge is 2.37. The Morgan fingerprint density at radius 1 is 0.714 bits per heavy atom. The zero-order valence-corrected chi connectivity index (χ0v) is 10.2. The Morgan fingerprint density at radius 3 is 1.67 bits per heavy atom. The molecule has 1 aromatic rings. The average molecular weight is 308 g/mol. The minimum Gasteiger partial charge on any atom is -0.246 e. The van der Waals surface area contributed by atoms with Crippen molar-refractivity contribution in [3.05, 3.63) is 70.4 Å². The zero-order valence-electron chi connectivity index (χ0n) is 10.2. The molecule has 0 bridgehead atoms. The molecule has 1 aromatic carbocycles. The van der Waals surface area contributed by atoms with Gasteiger partial charge in [0.2, 0.25) is 0 Å². The molecule has 1 aliphatic rings. The van der Waals surface area contributed by atoms with Gasteiger partial charge in [0.1, 0.15) is 6.67 Å². The average Bonchev–Trinajstić information content (AvgIpc) is 2.55. The second kappa shape index (κ2) is 5.75. The Hall–Kier alpha value is -2.05. The Bertz CT molecular complexity index is 636. The summed E-state index contributed by atoms with van der Waals surface area (Å²) in [5, 5.41) is 0. The predicted molar refractivity (Wildman–Crippen MR) is 61.7 cm³/mol. The zero-order chi connectivity index (χ0) is 15.7. The van der Waals surface area contributed by atoms with E-state index >= 15 is 0 Å². The minimum absolute atomic E-state index is 0.254. The third-order valence-corrected chi connectivity index (χ3v) is 3.01. The lowest BCUT2D eigenvalue weighted by molar-refractivity contribution is 0.432. The van der Waals surface area contributed by atoms with Gasteiger partial charge in [-0.3, -0.25) is 0 Å². The highest BCUT2D eigenvalue weighted by atomic mass is 19.2. The van der Waals surface area contributed by atoms with E-state index in [1.165, 1.54) is 12.1 Å². The number of rotatable bonds is 2. The molecule has 0 aromatic heterocycles. The molecule has 0 nitrogen and oxygen atoms in total. The Kier molecular flexibility index (Phi) is 4.20. The van der Waals surface area contributed by atoms with Crippen molar-refractivity contribution in [2.24, 2.45) is 0 Å². The van der Waals surface area contributed by atoms with E-state index in [4.69, 9.17) is 0 Å². The molecular formula is C14H7F7. The van der Waals surface area contributed by atoms with Crippen molar-refractivity contribution in [1.29, 1.82) is 0 Å². The van der Waals surface area contributed by atoms with E-state index in [1.807, 2.05) is 0 Å². The number of benzene rings is 1. The third-order valence-electron chi connectivity index (χ3n) is 3.01. The van der Waals surface area contributed by atoms with Crippen LogP contribution in [-0.2, 0) is 6.67 Å². The molecule has 112 valence electrons. The van der Waals surface area contributed by atoms with E-state index in [0.29, 0.717) is 0 Å². The molecule has 0 saturated heterocycles.